The van der Waals surface area contributed by atoms with Crippen LogP contribution in [0.1, 0.15) is 39.3 Å². The Bertz CT molecular complexity index is 622. The standard InChI is InChI=1S/C16H19NO3S/c1-3-12-6-4-7-13(10-12)20-9-5-8-14-17-11(2)15(21-14)16(18)19/h4,6-7,10H,3,5,8-9H2,1-2H3,(H,18,19). The summed E-state index contributed by atoms with van der Waals surface area (Å²) in [6, 6.07) is 8.08. The van der Waals surface area contributed by atoms with Crippen LogP contribution in [0.4, 0.5) is 0 Å². The fourth-order valence-electron chi connectivity index (χ4n) is 2.03. The number of aromatic carboxylic acids is 1. The summed E-state index contributed by atoms with van der Waals surface area (Å²) in [6.07, 6.45) is 2.56. The zero-order chi connectivity index (χ0) is 15.2. The maximum absolute atomic E-state index is 11.0. The summed E-state index contributed by atoms with van der Waals surface area (Å²) in [5.74, 6) is -0.0141. The molecule has 0 fully saturated rings. The monoisotopic (exact) mass is 305 g/mol. The number of benzene rings is 1. The first kappa shape index (κ1) is 15.5. The molecule has 0 saturated carbocycles. The lowest BCUT2D eigenvalue weighted by Crippen LogP contribution is -1.99. The molecule has 2 rings (SSSR count). The molecule has 0 aliphatic rings. The van der Waals surface area contributed by atoms with E-state index in [1.54, 1.807) is 6.92 Å². The van der Waals surface area contributed by atoms with Gasteiger partial charge in [-0.1, -0.05) is 19.1 Å². The van der Waals surface area contributed by atoms with E-state index in [1.165, 1.54) is 16.9 Å². The molecule has 0 aliphatic heterocycles. The summed E-state index contributed by atoms with van der Waals surface area (Å²) in [5.41, 5.74) is 1.85. The quantitative estimate of drug-likeness (QED) is 0.792. The van der Waals surface area contributed by atoms with Gasteiger partial charge in [-0.25, -0.2) is 9.78 Å². The van der Waals surface area contributed by atoms with E-state index in [1.807, 2.05) is 12.1 Å². The minimum absolute atomic E-state index is 0.335. The Kier molecular flexibility index (Phi) is 5.33. The number of carboxylic acids is 1. The molecule has 0 spiro atoms. The largest absolute Gasteiger partial charge is 0.494 e. The lowest BCUT2D eigenvalue weighted by molar-refractivity contribution is 0.0701. The Morgan fingerprint density at radius 2 is 2.24 bits per heavy atom. The van der Waals surface area contributed by atoms with Crippen LogP contribution in [0, 0.1) is 6.92 Å². The molecule has 0 bridgehead atoms. The average Bonchev–Trinajstić information content (AvgIpc) is 2.85. The zero-order valence-electron chi connectivity index (χ0n) is 12.3. The van der Waals surface area contributed by atoms with Gasteiger partial charge in [0.15, 0.2) is 0 Å². The first-order valence-corrected chi connectivity index (χ1v) is 7.83. The average molecular weight is 305 g/mol. The van der Waals surface area contributed by atoms with Gasteiger partial charge in [-0.05, 0) is 37.5 Å². The van der Waals surface area contributed by atoms with E-state index < -0.39 is 5.97 Å². The summed E-state index contributed by atoms with van der Waals surface area (Å²) >= 11 is 1.25. The van der Waals surface area contributed by atoms with E-state index in [4.69, 9.17) is 9.84 Å². The smallest absolute Gasteiger partial charge is 0.347 e. The van der Waals surface area contributed by atoms with Crippen molar-refractivity contribution in [1.82, 2.24) is 4.98 Å². The zero-order valence-corrected chi connectivity index (χ0v) is 13.1. The van der Waals surface area contributed by atoms with Crippen LogP contribution in [0.15, 0.2) is 24.3 Å². The van der Waals surface area contributed by atoms with Gasteiger partial charge >= 0.3 is 5.97 Å². The maximum Gasteiger partial charge on any atom is 0.347 e. The molecule has 1 N–H and O–H groups in total. The second-order valence-corrected chi connectivity index (χ2v) is 5.86. The summed E-state index contributed by atoms with van der Waals surface area (Å²) < 4.78 is 5.72. The molecule has 0 radical (unpaired) electrons. The van der Waals surface area contributed by atoms with E-state index in [0.29, 0.717) is 17.2 Å². The van der Waals surface area contributed by atoms with E-state index in [-0.39, 0.29) is 0 Å². The van der Waals surface area contributed by atoms with Crippen LogP contribution in [-0.2, 0) is 12.8 Å². The van der Waals surface area contributed by atoms with Gasteiger partial charge in [0.05, 0.1) is 17.3 Å². The fourth-order valence-corrected chi connectivity index (χ4v) is 2.97. The molecular weight excluding hydrogens is 286 g/mol. The number of nitrogens with zero attached hydrogens (tertiary/aromatic N) is 1. The highest BCUT2D eigenvalue weighted by Gasteiger charge is 2.13. The highest BCUT2D eigenvalue weighted by atomic mass is 32.1. The minimum atomic E-state index is -0.899. The van der Waals surface area contributed by atoms with Crippen molar-refractivity contribution in [1.29, 1.82) is 0 Å². The second kappa shape index (κ2) is 7.22. The number of rotatable bonds is 7. The Morgan fingerprint density at radius 3 is 2.90 bits per heavy atom. The van der Waals surface area contributed by atoms with Gasteiger partial charge in [-0.3, -0.25) is 0 Å². The van der Waals surface area contributed by atoms with Gasteiger partial charge in [0.1, 0.15) is 10.6 Å². The van der Waals surface area contributed by atoms with Gasteiger partial charge in [-0.15, -0.1) is 11.3 Å². The number of aromatic nitrogens is 1. The predicted molar refractivity (Wildman–Crippen MR) is 83.4 cm³/mol. The summed E-state index contributed by atoms with van der Waals surface area (Å²) in [7, 11) is 0. The summed E-state index contributed by atoms with van der Waals surface area (Å²) in [5, 5.41) is 9.85. The highest BCUT2D eigenvalue weighted by molar-refractivity contribution is 7.13. The van der Waals surface area contributed by atoms with Gasteiger partial charge in [0.2, 0.25) is 0 Å². The van der Waals surface area contributed by atoms with Gasteiger partial charge in [0, 0.05) is 6.42 Å². The molecule has 0 saturated heterocycles. The lowest BCUT2D eigenvalue weighted by atomic mass is 10.2. The van der Waals surface area contributed by atoms with Crippen molar-refractivity contribution in [2.75, 3.05) is 6.61 Å². The Morgan fingerprint density at radius 1 is 1.43 bits per heavy atom. The third-order valence-corrected chi connectivity index (χ3v) is 4.35. The molecule has 0 atom stereocenters. The Labute approximate surface area is 128 Å². The van der Waals surface area contributed by atoms with Crippen molar-refractivity contribution in [3.63, 3.8) is 0 Å². The Balaban J connectivity index is 1.81. The minimum Gasteiger partial charge on any atom is -0.494 e. The molecule has 1 aromatic carbocycles. The molecule has 1 aromatic heterocycles. The van der Waals surface area contributed by atoms with Crippen molar-refractivity contribution in [2.45, 2.75) is 33.1 Å². The van der Waals surface area contributed by atoms with Gasteiger partial charge in [-0.2, -0.15) is 0 Å². The number of thiazole rings is 1. The molecule has 1 heterocycles. The van der Waals surface area contributed by atoms with Crippen LogP contribution < -0.4 is 4.74 Å². The lowest BCUT2D eigenvalue weighted by Gasteiger charge is -2.06. The number of ether oxygens (including phenoxy) is 1. The van der Waals surface area contributed by atoms with Crippen LogP contribution in [0.3, 0.4) is 0 Å². The molecule has 2 aromatic rings. The number of carbonyl (C=O) groups is 1. The second-order valence-electron chi connectivity index (χ2n) is 4.78. The fraction of sp³-hybridized carbons (Fsp3) is 0.375. The maximum atomic E-state index is 11.0. The Hall–Kier alpha value is -1.88. The topological polar surface area (TPSA) is 59.4 Å². The van der Waals surface area contributed by atoms with E-state index >= 15 is 0 Å². The van der Waals surface area contributed by atoms with Crippen molar-refractivity contribution in [3.8, 4) is 5.75 Å². The van der Waals surface area contributed by atoms with Crippen molar-refractivity contribution in [3.05, 3.63) is 45.4 Å². The van der Waals surface area contributed by atoms with Gasteiger partial charge < -0.3 is 9.84 Å². The van der Waals surface area contributed by atoms with Crippen LogP contribution in [0.5, 0.6) is 5.75 Å². The normalized spacial score (nSPS) is 10.6. The van der Waals surface area contributed by atoms with Crippen molar-refractivity contribution < 1.29 is 14.6 Å². The third kappa shape index (κ3) is 4.29. The van der Waals surface area contributed by atoms with Crippen LogP contribution in [0.2, 0.25) is 0 Å². The molecule has 112 valence electrons. The van der Waals surface area contributed by atoms with E-state index in [0.717, 1.165) is 30.0 Å². The van der Waals surface area contributed by atoms with Gasteiger partial charge in [0.25, 0.3) is 0 Å². The predicted octanol–water partition coefficient (Wildman–Crippen LogP) is 3.72. The molecular formula is C16H19NO3S. The van der Waals surface area contributed by atoms with E-state index in [9.17, 15) is 4.79 Å². The SMILES string of the molecule is CCc1cccc(OCCCc2nc(C)c(C(=O)O)s2)c1. The molecule has 5 heteroatoms. The molecule has 21 heavy (non-hydrogen) atoms. The number of carboxylic acid groups (broad SMARTS) is 1. The summed E-state index contributed by atoms with van der Waals surface area (Å²) in [4.78, 5) is 15.6. The molecule has 4 nitrogen and oxygen atoms in total. The number of hydrogen-bond donors (Lipinski definition) is 1. The summed E-state index contributed by atoms with van der Waals surface area (Å²) in [6.45, 7) is 4.45. The first-order chi connectivity index (χ1) is 10.1. The molecule has 0 unspecified atom stereocenters. The van der Waals surface area contributed by atoms with Crippen molar-refractivity contribution in [2.24, 2.45) is 0 Å². The number of aryl methyl sites for hydroxylation is 3. The first-order valence-electron chi connectivity index (χ1n) is 7.01. The molecule has 0 amide bonds. The third-order valence-electron chi connectivity index (χ3n) is 3.15. The van der Waals surface area contributed by atoms with Crippen LogP contribution in [0.25, 0.3) is 0 Å². The van der Waals surface area contributed by atoms with Crippen molar-refractivity contribution >= 4 is 17.3 Å². The number of hydrogen-bond acceptors (Lipinski definition) is 4. The molecule has 0 aliphatic carbocycles. The van der Waals surface area contributed by atoms with Crippen LogP contribution in [-0.4, -0.2) is 22.7 Å². The van der Waals surface area contributed by atoms with E-state index in [2.05, 4.69) is 24.0 Å². The highest BCUT2D eigenvalue weighted by Crippen LogP contribution is 2.19. The van der Waals surface area contributed by atoms with Crippen LogP contribution >= 0.6 is 11.3 Å².